The van der Waals surface area contributed by atoms with Gasteiger partial charge in [0, 0.05) is 19.2 Å². The molecule has 0 saturated carbocycles. The van der Waals surface area contributed by atoms with Gasteiger partial charge in [-0.3, -0.25) is 9.59 Å². The summed E-state index contributed by atoms with van der Waals surface area (Å²) < 4.78 is 4.83. The molecule has 1 heterocycles. The van der Waals surface area contributed by atoms with E-state index >= 15 is 0 Å². The summed E-state index contributed by atoms with van der Waals surface area (Å²) in [6.07, 6.45) is 0. The SMILES string of the molecule is Cc1cc(NC(=O)CN(C)C(=O)CNC(C)C)no1. The summed E-state index contributed by atoms with van der Waals surface area (Å²) in [4.78, 5) is 24.7. The summed E-state index contributed by atoms with van der Waals surface area (Å²) in [5, 5.41) is 9.20. The van der Waals surface area contributed by atoms with Crippen molar-refractivity contribution >= 4 is 17.6 Å². The first-order chi connectivity index (χ1) is 8.88. The van der Waals surface area contributed by atoms with Crippen molar-refractivity contribution in [3.05, 3.63) is 11.8 Å². The maximum absolute atomic E-state index is 11.7. The summed E-state index contributed by atoms with van der Waals surface area (Å²) in [5.74, 6) is 0.512. The van der Waals surface area contributed by atoms with Crippen LogP contribution in [-0.2, 0) is 9.59 Å². The van der Waals surface area contributed by atoms with Crippen LogP contribution in [0.2, 0.25) is 0 Å². The van der Waals surface area contributed by atoms with Crippen LogP contribution in [0.25, 0.3) is 0 Å². The van der Waals surface area contributed by atoms with Gasteiger partial charge in [-0.1, -0.05) is 19.0 Å². The fourth-order valence-electron chi connectivity index (χ4n) is 1.34. The Hall–Kier alpha value is -1.89. The van der Waals surface area contributed by atoms with Gasteiger partial charge in [-0.05, 0) is 6.92 Å². The Morgan fingerprint density at radius 1 is 1.47 bits per heavy atom. The third kappa shape index (κ3) is 5.52. The van der Waals surface area contributed by atoms with E-state index in [0.717, 1.165) is 0 Å². The third-order valence-corrected chi connectivity index (χ3v) is 2.36. The van der Waals surface area contributed by atoms with Crippen molar-refractivity contribution in [2.24, 2.45) is 0 Å². The van der Waals surface area contributed by atoms with Gasteiger partial charge in [0.05, 0.1) is 13.1 Å². The molecule has 0 aromatic carbocycles. The third-order valence-electron chi connectivity index (χ3n) is 2.36. The number of nitrogens with zero attached hydrogens (tertiary/aromatic N) is 2. The van der Waals surface area contributed by atoms with Gasteiger partial charge in [0.2, 0.25) is 11.8 Å². The molecule has 0 aliphatic carbocycles. The molecule has 0 saturated heterocycles. The van der Waals surface area contributed by atoms with E-state index in [-0.39, 0.29) is 30.9 Å². The van der Waals surface area contributed by atoms with Crippen molar-refractivity contribution in [1.82, 2.24) is 15.4 Å². The molecule has 106 valence electrons. The maximum atomic E-state index is 11.7. The topological polar surface area (TPSA) is 87.5 Å². The Kier molecular flexibility index (Phi) is 5.50. The first kappa shape index (κ1) is 15.2. The number of aryl methyl sites for hydroxylation is 1. The monoisotopic (exact) mass is 268 g/mol. The Morgan fingerprint density at radius 2 is 2.16 bits per heavy atom. The maximum Gasteiger partial charge on any atom is 0.245 e. The van der Waals surface area contributed by atoms with E-state index in [1.807, 2.05) is 13.8 Å². The number of carbonyl (C=O) groups excluding carboxylic acids is 2. The molecule has 0 radical (unpaired) electrons. The van der Waals surface area contributed by atoms with Gasteiger partial charge in [0.25, 0.3) is 0 Å². The van der Waals surface area contributed by atoms with Gasteiger partial charge < -0.3 is 20.1 Å². The summed E-state index contributed by atoms with van der Waals surface area (Å²) in [6, 6.07) is 1.84. The molecule has 0 aliphatic rings. The number of nitrogens with one attached hydrogen (secondary N) is 2. The molecule has 7 nitrogen and oxygen atoms in total. The average molecular weight is 268 g/mol. The fraction of sp³-hybridized carbons (Fsp3) is 0.583. The molecule has 0 atom stereocenters. The van der Waals surface area contributed by atoms with Gasteiger partial charge in [-0.15, -0.1) is 0 Å². The minimum absolute atomic E-state index is 0.0233. The summed E-state index contributed by atoms with van der Waals surface area (Å²) in [6.45, 7) is 5.82. The molecule has 0 bridgehead atoms. The number of rotatable bonds is 6. The summed E-state index contributed by atoms with van der Waals surface area (Å²) >= 11 is 0. The largest absolute Gasteiger partial charge is 0.360 e. The normalized spacial score (nSPS) is 10.6. The zero-order chi connectivity index (χ0) is 14.4. The Morgan fingerprint density at radius 3 is 2.68 bits per heavy atom. The highest BCUT2D eigenvalue weighted by Crippen LogP contribution is 2.06. The molecule has 2 N–H and O–H groups in total. The lowest BCUT2D eigenvalue weighted by Crippen LogP contribution is -2.41. The molecule has 1 aromatic rings. The van der Waals surface area contributed by atoms with Crippen LogP contribution in [0.3, 0.4) is 0 Å². The Balaban J connectivity index is 2.37. The number of hydrogen-bond donors (Lipinski definition) is 2. The lowest BCUT2D eigenvalue weighted by molar-refractivity contribution is -0.132. The van der Waals surface area contributed by atoms with Crippen LogP contribution in [0.15, 0.2) is 10.6 Å². The lowest BCUT2D eigenvalue weighted by atomic mass is 10.4. The Bertz CT molecular complexity index is 442. The van der Waals surface area contributed by atoms with E-state index in [1.165, 1.54) is 4.90 Å². The van der Waals surface area contributed by atoms with Gasteiger partial charge in [0.15, 0.2) is 5.82 Å². The quantitative estimate of drug-likeness (QED) is 0.778. The van der Waals surface area contributed by atoms with Crippen molar-refractivity contribution in [3.8, 4) is 0 Å². The Labute approximate surface area is 112 Å². The van der Waals surface area contributed by atoms with Crippen LogP contribution in [0, 0.1) is 6.92 Å². The van der Waals surface area contributed by atoms with Crippen LogP contribution in [0.5, 0.6) is 0 Å². The highest BCUT2D eigenvalue weighted by atomic mass is 16.5. The van der Waals surface area contributed by atoms with E-state index in [9.17, 15) is 9.59 Å². The molecule has 1 rings (SSSR count). The fourth-order valence-corrected chi connectivity index (χ4v) is 1.34. The van der Waals surface area contributed by atoms with Gasteiger partial charge in [0.1, 0.15) is 5.76 Å². The second-order valence-electron chi connectivity index (χ2n) is 4.66. The molecule has 0 unspecified atom stereocenters. The first-order valence-corrected chi connectivity index (χ1v) is 6.09. The minimum atomic E-state index is -0.311. The van der Waals surface area contributed by atoms with Gasteiger partial charge in [-0.2, -0.15) is 0 Å². The predicted octanol–water partition coefficient (Wildman–Crippen LogP) is 0.378. The summed E-state index contributed by atoms with van der Waals surface area (Å²) in [5.41, 5.74) is 0. The van der Waals surface area contributed by atoms with Crippen LogP contribution >= 0.6 is 0 Å². The van der Waals surface area contributed by atoms with E-state index in [2.05, 4.69) is 15.8 Å². The molecular formula is C12H20N4O3. The lowest BCUT2D eigenvalue weighted by Gasteiger charge is -2.17. The smallest absolute Gasteiger partial charge is 0.245 e. The van der Waals surface area contributed by atoms with Crippen molar-refractivity contribution < 1.29 is 14.1 Å². The second-order valence-corrected chi connectivity index (χ2v) is 4.66. The average Bonchev–Trinajstić information content (AvgIpc) is 2.71. The molecule has 1 aromatic heterocycles. The summed E-state index contributed by atoms with van der Waals surface area (Å²) in [7, 11) is 1.58. The van der Waals surface area contributed by atoms with E-state index in [1.54, 1.807) is 20.0 Å². The molecule has 19 heavy (non-hydrogen) atoms. The van der Waals surface area contributed by atoms with Crippen LogP contribution in [0.4, 0.5) is 5.82 Å². The van der Waals surface area contributed by atoms with Crippen LogP contribution < -0.4 is 10.6 Å². The number of aromatic nitrogens is 1. The number of likely N-dealkylation sites (N-methyl/N-ethyl adjacent to an activating group) is 1. The van der Waals surface area contributed by atoms with Crippen molar-refractivity contribution in [2.45, 2.75) is 26.8 Å². The minimum Gasteiger partial charge on any atom is -0.360 e. The predicted molar refractivity (Wildman–Crippen MR) is 70.6 cm³/mol. The standard InChI is InChI=1S/C12H20N4O3/c1-8(2)13-6-12(18)16(4)7-11(17)14-10-5-9(3)19-15-10/h5,8,13H,6-7H2,1-4H3,(H,14,15,17). The number of carbonyl (C=O) groups is 2. The van der Waals surface area contributed by atoms with Gasteiger partial charge >= 0.3 is 0 Å². The second kappa shape index (κ2) is 6.89. The highest BCUT2D eigenvalue weighted by Gasteiger charge is 2.14. The number of anilines is 1. The molecule has 7 heteroatoms. The highest BCUT2D eigenvalue weighted by molar-refractivity contribution is 5.93. The molecule has 2 amide bonds. The van der Waals surface area contributed by atoms with Crippen LogP contribution in [-0.4, -0.2) is 48.0 Å². The number of hydrogen-bond acceptors (Lipinski definition) is 5. The molecule has 0 spiro atoms. The first-order valence-electron chi connectivity index (χ1n) is 6.09. The molecular weight excluding hydrogens is 248 g/mol. The zero-order valence-electron chi connectivity index (χ0n) is 11.7. The zero-order valence-corrected chi connectivity index (χ0v) is 11.7. The molecule has 0 fully saturated rings. The van der Waals surface area contributed by atoms with E-state index in [0.29, 0.717) is 11.6 Å². The van der Waals surface area contributed by atoms with Gasteiger partial charge in [-0.25, -0.2) is 0 Å². The van der Waals surface area contributed by atoms with Crippen molar-refractivity contribution in [1.29, 1.82) is 0 Å². The van der Waals surface area contributed by atoms with E-state index in [4.69, 9.17) is 4.52 Å². The number of amides is 2. The van der Waals surface area contributed by atoms with Crippen molar-refractivity contribution in [3.63, 3.8) is 0 Å². The van der Waals surface area contributed by atoms with Crippen LogP contribution in [0.1, 0.15) is 19.6 Å². The van der Waals surface area contributed by atoms with Crippen molar-refractivity contribution in [2.75, 3.05) is 25.5 Å². The molecule has 0 aliphatic heterocycles. The van der Waals surface area contributed by atoms with E-state index < -0.39 is 0 Å².